The van der Waals surface area contributed by atoms with E-state index >= 15 is 0 Å². The van der Waals surface area contributed by atoms with Crippen LogP contribution in [0, 0.1) is 5.92 Å². The molecule has 30 heavy (non-hydrogen) atoms. The van der Waals surface area contributed by atoms with E-state index in [9.17, 15) is 9.90 Å². The zero-order chi connectivity index (χ0) is 21.9. The Labute approximate surface area is 181 Å². The minimum atomic E-state index is -1.19. The van der Waals surface area contributed by atoms with Gasteiger partial charge in [0.05, 0.1) is 17.3 Å². The average Bonchev–Trinajstić information content (AvgIpc) is 2.93. The van der Waals surface area contributed by atoms with Crippen LogP contribution in [0.2, 0.25) is 0 Å². The second-order valence-corrected chi connectivity index (χ2v) is 9.37. The van der Waals surface area contributed by atoms with Gasteiger partial charge < -0.3 is 25.1 Å². The normalized spacial score (nSPS) is 35.5. The average molecular weight is 438 g/mol. The molecule has 1 aromatic rings. The van der Waals surface area contributed by atoms with Gasteiger partial charge in [0.15, 0.2) is 5.16 Å². The molecule has 2 aliphatic rings. The molecule has 1 saturated heterocycles. The third-order valence-electron chi connectivity index (χ3n) is 6.04. The van der Waals surface area contributed by atoms with Gasteiger partial charge in [-0.15, -0.1) is 0 Å². The molecule has 166 valence electrons. The van der Waals surface area contributed by atoms with E-state index in [1.54, 1.807) is 32.5 Å². The molecule has 3 N–H and O–H groups in total. The lowest BCUT2D eigenvalue weighted by Gasteiger charge is -2.47. The number of carbonyl (C=O) groups excluding carboxylic acids is 1. The second-order valence-electron chi connectivity index (χ2n) is 8.43. The molecule has 0 bridgehead atoms. The Morgan fingerprint density at radius 2 is 2.13 bits per heavy atom. The number of carbonyl (C=O) groups is 1. The predicted octanol–water partition coefficient (Wildman–Crippen LogP) is 2.70. The predicted molar refractivity (Wildman–Crippen MR) is 113 cm³/mol. The highest BCUT2D eigenvalue weighted by atomic mass is 32.2. The number of ether oxygens (including phenoxy) is 3. The summed E-state index contributed by atoms with van der Waals surface area (Å²) in [7, 11) is 1.56. The van der Waals surface area contributed by atoms with Crippen molar-refractivity contribution in [2.45, 2.75) is 74.7 Å². The molecule has 1 saturated carbocycles. The highest BCUT2D eigenvalue weighted by molar-refractivity contribution is 7.99. The van der Waals surface area contributed by atoms with Crippen LogP contribution in [0.3, 0.4) is 0 Å². The molecular formula is C21H31N3O5S. The molecule has 0 radical (unpaired) electrons. The Kier molecular flexibility index (Phi) is 7.06. The van der Waals surface area contributed by atoms with Crippen molar-refractivity contribution in [2.75, 3.05) is 12.9 Å². The van der Waals surface area contributed by atoms with E-state index in [0.717, 1.165) is 5.57 Å². The van der Waals surface area contributed by atoms with Crippen molar-refractivity contribution in [3.8, 4) is 0 Å². The molecule has 0 spiro atoms. The van der Waals surface area contributed by atoms with Crippen LogP contribution in [0.25, 0.3) is 0 Å². The van der Waals surface area contributed by atoms with Crippen LogP contribution in [0.4, 0.5) is 4.79 Å². The Hall–Kier alpha value is -1.68. The zero-order valence-electron chi connectivity index (χ0n) is 17.9. The molecule has 1 amide bonds. The maximum atomic E-state index is 11.6. The quantitative estimate of drug-likeness (QED) is 0.380. The van der Waals surface area contributed by atoms with Crippen molar-refractivity contribution in [3.05, 3.63) is 30.1 Å². The molecule has 6 atom stereocenters. The monoisotopic (exact) mass is 437 g/mol. The minimum Gasteiger partial charge on any atom is -0.444 e. The van der Waals surface area contributed by atoms with E-state index in [4.69, 9.17) is 19.9 Å². The number of thioether (sulfide) groups is 1. The summed E-state index contributed by atoms with van der Waals surface area (Å²) in [5.74, 6) is 0.131. The third-order valence-corrected chi connectivity index (χ3v) is 7.14. The number of nitrogens with two attached hydrogens (primary N) is 1. The van der Waals surface area contributed by atoms with Gasteiger partial charge in [-0.1, -0.05) is 23.4 Å². The number of methoxy groups -OCH3 is 1. The van der Waals surface area contributed by atoms with E-state index < -0.39 is 41.5 Å². The summed E-state index contributed by atoms with van der Waals surface area (Å²) in [6, 6.07) is 1.77. The first kappa shape index (κ1) is 23.0. The Bertz CT molecular complexity index is 771. The van der Waals surface area contributed by atoms with Crippen molar-refractivity contribution in [3.63, 3.8) is 0 Å². The van der Waals surface area contributed by atoms with E-state index in [1.165, 1.54) is 11.8 Å². The van der Waals surface area contributed by atoms with Gasteiger partial charge >= 0.3 is 6.09 Å². The first-order valence-electron chi connectivity index (χ1n) is 10.1. The van der Waals surface area contributed by atoms with Crippen LogP contribution in [0.1, 0.15) is 40.0 Å². The number of primary amides is 1. The van der Waals surface area contributed by atoms with E-state index in [1.807, 2.05) is 13.8 Å². The molecule has 3 rings (SSSR count). The lowest BCUT2D eigenvalue weighted by atomic mass is 9.66. The minimum absolute atomic E-state index is 0.417. The number of amides is 1. The van der Waals surface area contributed by atoms with Crippen LogP contribution >= 0.6 is 11.8 Å². The summed E-state index contributed by atoms with van der Waals surface area (Å²) in [5, 5.41) is 12.3. The SMILES string of the molecule is COC1C(OC(N)=O)CC[C@@]2(CSc3ncccn3)O[C@@H](CC=C(C)C)[C@@](C)(O)C12. The first-order chi connectivity index (χ1) is 14.2. The smallest absolute Gasteiger partial charge is 0.404 e. The Balaban J connectivity index is 1.93. The van der Waals surface area contributed by atoms with Gasteiger partial charge in [0.25, 0.3) is 0 Å². The number of fused-ring (bicyclic) bond motifs is 1. The summed E-state index contributed by atoms with van der Waals surface area (Å²) >= 11 is 1.49. The van der Waals surface area contributed by atoms with Crippen LogP contribution in [-0.4, -0.2) is 63.5 Å². The molecule has 1 aromatic heterocycles. The number of hydrogen-bond donors (Lipinski definition) is 2. The summed E-state index contributed by atoms with van der Waals surface area (Å²) in [6.07, 6.45) is 4.81. The Morgan fingerprint density at radius 3 is 2.73 bits per heavy atom. The fourth-order valence-electron chi connectivity index (χ4n) is 4.76. The zero-order valence-corrected chi connectivity index (χ0v) is 18.7. The molecule has 3 unspecified atom stereocenters. The van der Waals surface area contributed by atoms with Gasteiger partial charge in [0.1, 0.15) is 12.2 Å². The molecule has 1 aliphatic heterocycles. The standard InChI is InChI=1S/C21H31N3O5S/c1-13(2)6-7-15-20(3,26)17-16(27-4)14(28-18(22)25)8-9-21(17,29-15)12-30-19-23-10-5-11-24-19/h5-6,10-11,14-17,26H,7-9,12H2,1-4H3,(H2,22,25)/t14?,15-,16?,17?,20+,21-/m0/s1. The molecule has 2 heterocycles. The highest BCUT2D eigenvalue weighted by Gasteiger charge is 2.66. The van der Waals surface area contributed by atoms with Gasteiger partial charge in [-0.2, -0.15) is 0 Å². The lowest BCUT2D eigenvalue weighted by Crippen LogP contribution is -2.60. The molecule has 9 heteroatoms. The summed E-state index contributed by atoms with van der Waals surface area (Å²) < 4.78 is 17.7. The van der Waals surface area contributed by atoms with Crippen molar-refractivity contribution >= 4 is 17.9 Å². The maximum absolute atomic E-state index is 11.6. The van der Waals surface area contributed by atoms with Crippen molar-refractivity contribution in [1.82, 2.24) is 9.97 Å². The van der Waals surface area contributed by atoms with Gasteiger partial charge in [-0.3, -0.25) is 0 Å². The van der Waals surface area contributed by atoms with Crippen molar-refractivity contribution in [1.29, 1.82) is 0 Å². The van der Waals surface area contributed by atoms with Crippen molar-refractivity contribution in [2.24, 2.45) is 11.7 Å². The summed E-state index contributed by atoms with van der Waals surface area (Å²) in [6.45, 7) is 5.82. The van der Waals surface area contributed by atoms with Gasteiger partial charge in [-0.25, -0.2) is 14.8 Å². The second kappa shape index (κ2) is 9.21. The molecule has 0 aromatic carbocycles. The molecule has 2 fully saturated rings. The van der Waals surface area contributed by atoms with E-state index in [-0.39, 0.29) is 0 Å². The lowest BCUT2D eigenvalue weighted by molar-refractivity contribution is -0.155. The molecule has 8 nitrogen and oxygen atoms in total. The maximum Gasteiger partial charge on any atom is 0.404 e. The van der Waals surface area contributed by atoms with Crippen LogP contribution in [0.15, 0.2) is 35.3 Å². The van der Waals surface area contributed by atoms with Crippen molar-refractivity contribution < 1.29 is 24.1 Å². The summed E-state index contributed by atoms with van der Waals surface area (Å²) in [4.78, 5) is 20.0. The number of allylic oxidation sites excluding steroid dienone is 1. The van der Waals surface area contributed by atoms with Crippen LogP contribution in [-0.2, 0) is 14.2 Å². The topological polar surface area (TPSA) is 117 Å². The summed E-state index contributed by atoms with van der Waals surface area (Å²) in [5.41, 5.74) is 4.57. The molecular weight excluding hydrogens is 406 g/mol. The van der Waals surface area contributed by atoms with Crippen LogP contribution < -0.4 is 5.73 Å². The first-order valence-corrected chi connectivity index (χ1v) is 11.1. The van der Waals surface area contributed by atoms with E-state index in [2.05, 4.69) is 16.0 Å². The van der Waals surface area contributed by atoms with Crippen LogP contribution in [0.5, 0.6) is 0 Å². The number of nitrogens with zero attached hydrogens (tertiary/aromatic N) is 2. The third kappa shape index (κ3) is 4.64. The fourth-order valence-corrected chi connectivity index (χ4v) is 5.79. The number of rotatable bonds is 7. The molecule has 1 aliphatic carbocycles. The van der Waals surface area contributed by atoms with E-state index in [0.29, 0.717) is 30.2 Å². The fraction of sp³-hybridized carbons (Fsp3) is 0.667. The number of aliphatic hydroxyl groups is 1. The Morgan fingerprint density at radius 1 is 1.43 bits per heavy atom. The van der Waals surface area contributed by atoms with Gasteiger partial charge in [-0.05, 0) is 46.1 Å². The number of aromatic nitrogens is 2. The number of hydrogen-bond acceptors (Lipinski definition) is 8. The van der Waals surface area contributed by atoms with Gasteiger partial charge in [0, 0.05) is 31.2 Å². The highest BCUT2D eigenvalue weighted by Crippen LogP contribution is 2.54. The van der Waals surface area contributed by atoms with Gasteiger partial charge in [0.2, 0.25) is 0 Å². The largest absolute Gasteiger partial charge is 0.444 e.